The minimum Gasteiger partial charge on any atom is -0.453 e. The molecule has 3 aromatic rings. The van der Waals surface area contributed by atoms with Crippen molar-refractivity contribution in [3.8, 4) is 11.5 Å². The second-order valence-corrected chi connectivity index (χ2v) is 9.05. The number of nitrogens with zero attached hydrogens (tertiary/aromatic N) is 3. The number of halogens is 1. The van der Waals surface area contributed by atoms with Crippen LogP contribution in [-0.4, -0.2) is 14.6 Å². The van der Waals surface area contributed by atoms with Gasteiger partial charge in [-0.3, -0.25) is 4.40 Å². The van der Waals surface area contributed by atoms with Gasteiger partial charge in [0.1, 0.15) is 11.6 Å². The molecular formula is C22H24ClN3O. The van der Waals surface area contributed by atoms with Gasteiger partial charge in [-0.1, -0.05) is 24.6 Å². The molecule has 5 heteroatoms. The van der Waals surface area contributed by atoms with Crippen molar-refractivity contribution in [1.82, 2.24) is 14.6 Å². The summed E-state index contributed by atoms with van der Waals surface area (Å²) in [6.45, 7) is 4.41. The third-order valence-corrected chi connectivity index (χ3v) is 7.34. The van der Waals surface area contributed by atoms with Crippen molar-refractivity contribution < 1.29 is 4.74 Å². The molecule has 0 radical (unpaired) electrons. The summed E-state index contributed by atoms with van der Waals surface area (Å²) in [7, 11) is 0. The first-order valence-corrected chi connectivity index (χ1v) is 10.1. The first-order valence-electron chi connectivity index (χ1n) is 9.77. The fraction of sp³-hybridized carbons (Fsp3) is 0.455. The van der Waals surface area contributed by atoms with Gasteiger partial charge in [0, 0.05) is 22.2 Å². The van der Waals surface area contributed by atoms with Crippen LogP contribution < -0.4 is 4.74 Å². The van der Waals surface area contributed by atoms with E-state index >= 15 is 0 Å². The highest BCUT2D eigenvalue weighted by atomic mass is 35.5. The molecule has 0 saturated heterocycles. The summed E-state index contributed by atoms with van der Waals surface area (Å²) in [6.07, 6.45) is 9.58. The van der Waals surface area contributed by atoms with Gasteiger partial charge in [-0.15, -0.1) is 10.2 Å². The van der Waals surface area contributed by atoms with Crippen LogP contribution in [0.15, 0.2) is 36.5 Å². The maximum atomic E-state index is 6.24. The Labute approximate surface area is 164 Å². The summed E-state index contributed by atoms with van der Waals surface area (Å²) in [5, 5.41) is 9.88. The van der Waals surface area contributed by atoms with Crippen molar-refractivity contribution in [3.05, 3.63) is 52.9 Å². The third kappa shape index (κ3) is 2.65. The molecule has 1 aromatic carbocycles. The van der Waals surface area contributed by atoms with Crippen LogP contribution in [0.5, 0.6) is 11.5 Å². The standard InChI is InChI=1S/C22H24ClN3O/c1-15-16(23)5-3-6-17(15)27-18-7-4-14-26-19(18)24-25-20(26)22-11-8-21(2,9-12-22)10-13-22/h3-7,14H,8-13H2,1-2H3. The summed E-state index contributed by atoms with van der Waals surface area (Å²) in [5.41, 5.74) is 2.42. The van der Waals surface area contributed by atoms with Crippen molar-refractivity contribution in [2.45, 2.75) is 57.8 Å². The molecule has 0 N–H and O–H groups in total. The van der Waals surface area contributed by atoms with Gasteiger partial charge in [-0.05, 0) is 75.1 Å². The molecule has 3 aliphatic rings. The topological polar surface area (TPSA) is 39.4 Å². The van der Waals surface area contributed by atoms with E-state index in [2.05, 4.69) is 27.7 Å². The van der Waals surface area contributed by atoms with Crippen LogP contribution in [0.2, 0.25) is 5.02 Å². The predicted molar refractivity (Wildman–Crippen MR) is 107 cm³/mol. The Balaban J connectivity index is 1.55. The van der Waals surface area contributed by atoms with Crippen molar-refractivity contribution in [2.24, 2.45) is 5.41 Å². The molecule has 3 aliphatic carbocycles. The Morgan fingerprint density at radius 3 is 2.41 bits per heavy atom. The number of hydrogen-bond acceptors (Lipinski definition) is 3. The summed E-state index contributed by atoms with van der Waals surface area (Å²) in [4.78, 5) is 0. The zero-order chi connectivity index (χ0) is 18.6. The highest BCUT2D eigenvalue weighted by Crippen LogP contribution is 2.57. The van der Waals surface area contributed by atoms with Crippen LogP contribution in [-0.2, 0) is 5.41 Å². The van der Waals surface area contributed by atoms with Gasteiger partial charge in [-0.25, -0.2) is 0 Å². The normalized spacial score (nSPS) is 27.2. The number of hydrogen-bond donors (Lipinski definition) is 0. The van der Waals surface area contributed by atoms with E-state index < -0.39 is 0 Å². The fourth-order valence-corrected chi connectivity index (χ4v) is 5.02. The SMILES string of the molecule is Cc1c(Cl)cccc1Oc1cccn2c(C34CCC(C)(CC3)CC4)nnc12. The molecule has 27 heavy (non-hydrogen) atoms. The molecule has 140 valence electrons. The maximum absolute atomic E-state index is 6.24. The fourth-order valence-electron chi connectivity index (χ4n) is 4.86. The molecule has 0 aliphatic heterocycles. The molecule has 0 unspecified atom stereocenters. The minimum absolute atomic E-state index is 0.168. The van der Waals surface area contributed by atoms with Gasteiger partial charge in [-0.2, -0.15) is 0 Å². The Kier molecular flexibility index (Phi) is 3.77. The van der Waals surface area contributed by atoms with Crippen LogP contribution in [0.25, 0.3) is 5.65 Å². The molecule has 3 saturated carbocycles. The first kappa shape index (κ1) is 17.1. The van der Waals surface area contributed by atoms with Gasteiger partial charge in [0.2, 0.25) is 5.65 Å². The first-order chi connectivity index (χ1) is 13.0. The number of rotatable bonds is 3. The average Bonchev–Trinajstić information content (AvgIpc) is 3.12. The van der Waals surface area contributed by atoms with Crippen LogP contribution in [0.4, 0.5) is 0 Å². The van der Waals surface area contributed by atoms with E-state index in [-0.39, 0.29) is 5.41 Å². The van der Waals surface area contributed by atoms with Crippen molar-refractivity contribution in [2.75, 3.05) is 0 Å². The molecule has 0 amide bonds. The Hall–Kier alpha value is -2.07. The maximum Gasteiger partial charge on any atom is 0.203 e. The highest BCUT2D eigenvalue weighted by molar-refractivity contribution is 6.31. The van der Waals surface area contributed by atoms with E-state index in [4.69, 9.17) is 16.3 Å². The van der Waals surface area contributed by atoms with E-state index in [1.54, 1.807) is 0 Å². The van der Waals surface area contributed by atoms with E-state index in [1.165, 1.54) is 38.5 Å². The Bertz CT molecular complexity index is 1000. The van der Waals surface area contributed by atoms with Crippen LogP contribution in [0.3, 0.4) is 0 Å². The molecule has 6 rings (SSSR count). The van der Waals surface area contributed by atoms with Crippen molar-refractivity contribution in [3.63, 3.8) is 0 Å². The number of ether oxygens (including phenoxy) is 1. The second kappa shape index (κ2) is 5.96. The highest BCUT2D eigenvalue weighted by Gasteiger charge is 2.49. The number of pyridine rings is 1. The second-order valence-electron chi connectivity index (χ2n) is 8.65. The van der Waals surface area contributed by atoms with E-state index in [0.717, 1.165) is 28.5 Å². The number of fused-ring (bicyclic) bond motifs is 4. The van der Waals surface area contributed by atoms with Crippen LogP contribution >= 0.6 is 11.6 Å². The number of benzene rings is 1. The zero-order valence-electron chi connectivity index (χ0n) is 15.8. The largest absolute Gasteiger partial charge is 0.453 e. The third-order valence-electron chi connectivity index (χ3n) is 6.93. The molecule has 3 fully saturated rings. The lowest BCUT2D eigenvalue weighted by Gasteiger charge is -2.51. The summed E-state index contributed by atoms with van der Waals surface area (Å²) in [6, 6.07) is 9.68. The molecule has 4 nitrogen and oxygen atoms in total. The quantitative estimate of drug-likeness (QED) is 0.550. The molecule has 0 atom stereocenters. The van der Waals surface area contributed by atoms with E-state index in [1.807, 2.05) is 37.3 Å². The smallest absolute Gasteiger partial charge is 0.203 e. The van der Waals surface area contributed by atoms with Gasteiger partial charge >= 0.3 is 0 Å². The number of aromatic nitrogens is 3. The van der Waals surface area contributed by atoms with Gasteiger partial charge in [0.15, 0.2) is 5.75 Å². The molecule has 2 bridgehead atoms. The Morgan fingerprint density at radius 2 is 1.67 bits per heavy atom. The van der Waals surface area contributed by atoms with Crippen LogP contribution in [0.1, 0.15) is 56.8 Å². The molecule has 2 heterocycles. The molecule has 2 aromatic heterocycles. The summed E-state index contributed by atoms with van der Waals surface area (Å²) < 4.78 is 8.33. The van der Waals surface area contributed by atoms with Crippen molar-refractivity contribution >= 4 is 17.2 Å². The van der Waals surface area contributed by atoms with Gasteiger partial charge in [0.25, 0.3) is 0 Å². The van der Waals surface area contributed by atoms with Crippen molar-refractivity contribution in [1.29, 1.82) is 0 Å². The van der Waals surface area contributed by atoms with Gasteiger partial charge in [0.05, 0.1) is 0 Å². The lowest BCUT2D eigenvalue weighted by molar-refractivity contribution is 0.0501. The minimum atomic E-state index is 0.168. The summed E-state index contributed by atoms with van der Waals surface area (Å²) in [5.74, 6) is 2.58. The Morgan fingerprint density at radius 1 is 0.963 bits per heavy atom. The lowest BCUT2D eigenvalue weighted by Crippen LogP contribution is -2.43. The van der Waals surface area contributed by atoms with Gasteiger partial charge < -0.3 is 4.74 Å². The molecule has 0 spiro atoms. The van der Waals surface area contributed by atoms with E-state index in [0.29, 0.717) is 10.4 Å². The summed E-state index contributed by atoms with van der Waals surface area (Å²) >= 11 is 6.24. The lowest BCUT2D eigenvalue weighted by atomic mass is 9.54. The average molecular weight is 382 g/mol. The van der Waals surface area contributed by atoms with Crippen LogP contribution in [0, 0.1) is 12.3 Å². The zero-order valence-corrected chi connectivity index (χ0v) is 16.6. The molecular weight excluding hydrogens is 358 g/mol. The monoisotopic (exact) mass is 381 g/mol. The van der Waals surface area contributed by atoms with E-state index in [9.17, 15) is 0 Å². The predicted octanol–water partition coefficient (Wildman–Crippen LogP) is 6.10.